The lowest BCUT2D eigenvalue weighted by atomic mass is 10.3. The molecule has 0 aliphatic heterocycles. The second-order valence-electron chi connectivity index (χ2n) is 3.49. The van der Waals surface area contributed by atoms with Crippen LogP contribution in [0.1, 0.15) is 19.8 Å². The molecule has 0 bridgehead atoms. The molecule has 78 valence electrons. The molecule has 4 nitrogen and oxygen atoms in total. The van der Waals surface area contributed by atoms with E-state index in [0.29, 0.717) is 0 Å². The van der Waals surface area contributed by atoms with Crippen LogP contribution in [0.5, 0.6) is 0 Å². The maximum Gasteiger partial charge on any atom is 0.314 e. The van der Waals surface area contributed by atoms with Crippen LogP contribution in [0.15, 0.2) is 0 Å². The summed E-state index contributed by atoms with van der Waals surface area (Å²) in [7, 11) is 4.13. The van der Waals surface area contributed by atoms with Crippen LogP contribution < -0.4 is 15.5 Å². The maximum absolute atomic E-state index is 11.1. The Labute approximate surface area is 80.7 Å². The Balaban J connectivity index is 3.20. The molecule has 0 aromatic heterocycles. The Bertz CT molecular complexity index is 137. The zero-order valence-corrected chi connectivity index (χ0v) is 8.94. The number of urea groups is 1. The number of nitrogens with one attached hydrogen (secondary N) is 3. The maximum atomic E-state index is 11.1. The van der Waals surface area contributed by atoms with Gasteiger partial charge in [-0.15, -0.1) is 0 Å². The van der Waals surface area contributed by atoms with Crippen LogP contribution in [0.25, 0.3) is 0 Å². The number of rotatable bonds is 6. The molecule has 0 aromatic carbocycles. The first kappa shape index (κ1) is 12.2. The highest BCUT2D eigenvalue weighted by Crippen LogP contribution is 1.81. The molecule has 3 N–H and O–H groups in total. The number of carbonyl (C=O) groups excluding carboxylic acids is 1. The Morgan fingerprint density at radius 3 is 2.38 bits per heavy atom. The van der Waals surface area contributed by atoms with Gasteiger partial charge in [0, 0.05) is 6.54 Å². The Morgan fingerprint density at radius 1 is 1.23 bits per heavy atom. The van der Waals surface area contributed by atoms with E-state index in [2.05, 4.69) is 31.7 Å². The fourth-order valence-corrected chi connectivity index (χ4v) is 0.867. The summed E-state index contributed by atoms with van der Waals surface area (Å²) in [4.78, 5) is 12.4. The third kappa shape index (κ3) is 9.14. The number of hydrogen-bond donors (Lipinski definition) is 3. The van der Waals surface area contributed by atoms with Crippen molar-refractivity contribution in [1.82, 2.24) is 10.6 Å². The summed E-state index contributed by atoms with van der Waals surface area (Å²) in [5.41, 5.74) is 0. The quantitative estimate of drug-likeness (QED) is 0.471. The minimum absolute atomic E-state index is 0.0466. The molecule has 2 amide bonds. The summed E-state index contributed by atoms with van der Waals surface area (Å²) in [6, 6.07) is -0.0466. The molecule has 0 spiro atoms. The largest absolute Gasteiger partial charge is 0.338 e. The van der Waals surface area contributed by atoms with Crippen LogP contribution in [0, 0.1) is 0 Å². The summed E-state index contributed by atoms with van der Waals surface area (Å²) in [6.45, 7) is 4.58. The van der Waals surface area contributed by atoms with Gasteiger partial charge < -0.3 is 15.5 Å². The fourth-order valence-electron chi connectivity index (χ4n) is 0.867. The van der Waals surface area contributed by atoms with Gasteiger partial charge >= 0.3 is 6.03 Å². The minimum atomic E-state index is -0.0466. The van der Waals surface area contributed by atoms with E-state index < -0.39 is 0 Å². The monoisotopic (exact) mass is 188 g/mol. The molecule has 0 unspecified atom stereocenters. The predicted molar refractivity (Wildman–Crippen MR) is 54.0 cm³/mol. The van der Waals surface area contributed by atoms with E-state index in [0.717, 1.165) is 32.5 Å². The highest BCUT2D eigenvalue weighted by molar-refractivity contribution is 5.73. The van der Waals surface area contributed by atoms with Crippen LogP contribution in [-0.2, 0) is 0 Å². The van der Waals surface area contributed by atoms with E-state index in [1.807, 2.05) is 0 Å². The molecule has 13 heavy (non-hydrogen) atoms. The van der Waals surface area contributed by atoms with Crippen LogP contribution in [0.2, 0.25) is 0 Å². The number of amides is 2. The number of carbonyl (C=O) groups is 1. The van der Waals surface area contributed by atoms with Gasteiger partial charge in [-0.3, -0.25) is 0 Å². The smallest absolute Gasteiger partial charge is 0.314 e. The van der Waals surface area contributed by atoms with Gasteiger partial charge in [-0.05, 0) is 6.42 Å². The summed E-state index contributed by atoms with van der Waals surface area (Å²) < 4.78 is 0. The third-order valence-electron chi connectivity index (χ3n) is 1.73. The second-order valence-corrected chi connectivity index (χ2v) is 3.49. The lowest BCUT2D eigenvalue weighted by Gasteiger charge is -2.09. The first-order valence-corrected chi connectivity index (χ1v) is 4.97. The molecule has 0 saturated carbocycles. The molecule has 0 heterocycles. The van der Waals surface area contributed by atoms with Gasteiger partial charge in [0.2, 0.25) is 0 Å². The molecule has 0 fully saturated rings. The molecule has 0 rings (SSSR count). The van der Waals surface area contributed by atoms with Gasteiger partial charge in [0.25, 0.3) is 0 Å². The molecule has 0 aliphatic carbocycles. The topological polar surface area (TPSA) is 45.6 Å². The van der Waals surface area contributed by atoms with E-state index in [1.54, 1.807) is 0 Å². The third-order valence-corrected chi connectivity index (χ3v) is 1.73. The van der Waals surface area contributed by atoms with Gasteiger partial charge in [0.05, 0.1) is 27.2 Å². The van der Waals surface area contributed by atoms with E-state index in [-0.39, 0.29) is 6.03 Å². The van der Waals surface area contributed by atoms with E-state index in [9.17, 15) is 4.79 Å². The molecule has 0 aromatic rings. The van der Waals surface area contributed by atoms with Gasteiger partial charge in [-0.2, -0.15) is 0 Å². The SMILES string of the molecule is CCCCNC(=O)NCC[NH+](C)C. The summed E-state index contributed by atoms with van der Waals surface area (Å²) in [6.07, 6.45) is 2.16. The van der Waals surface area contributed by atoms with Gasteiger partial charge in [0.15, 0.2) is 0 Å². The average Bonchev–Trinajstić information content (AvgIpc) is 2.04. The molecular formula is C9H22N3O+. The van der Waals surface area contributed by atoms with Crippen molar-refractivity contribution in [1.29, 1.82) is 0 Å². The zero-order valence-electron chi connectivity index (χ0n) is 8.94. The van der Waals surface area contributed by atoms with Crippen molar-refractivity contribution < 1.29 is 9.69 Å². The Kier molecular flexibility index (Phi) is 7.39. The van der Waals surface area contributed by atoms with Crippen molar-refractivity contribution in [2.75, 3.05) is 33.7 Å². The molecule has 0 radical (unpaired) electrons. The molecule has 0 atom stereocenters. The van der Waals surface area contributed by atoms with Crippen molar-refractivity contribution in [3.05, 3.63) is 0 Å². The summed E-state index contributed by atoms with van der Waals surface area (Å²) >= 11 is 0. The average molecular weight is 188 g/mol. The minimum Gasteiger partial charge on any atom is -0.338 e. The van der Waals surface area contributed by atoms with Crippen molar-refractivity contribution in [3.63, 3.8) is 0 Å². The highest BCUT2D eigenvalue weighted by Gasteiger charge is 1.98. The van der Waals surface area contributed by atoms with Crippen LogP contribution in [0.3, 0.4) is 0 Å². The zero-order chi connectivity index (χ0) is 10.1. The fraction of sp³-hybridized carbons (Fsp3) is 0.889. The van der Waals surface area contributed by atoms with Crippen LogP contribution in [0.4, 0.5) is 4.79 Å². The summed E-state index contributed by atoms with van der Waals surface area (Å²) in [5, 5.41) is 5.60. The Hall–Kier alpha value is -0.770. The lowest BCUT2D eigenvalue weighted by Crippen LogP contribution is -3.06. The van der Waals surface area contributed by atoms with Gasteiger partial charge in [0.1, 0.15) is 0 Å². The number of unbranched alkanes of at least 4 members (excludes halogenated alkanes) is 1. The number of quaternary nitrogens is 1. The predicted octanol–water partition coefficient (Wildman–Crippen LogP) is -0.770. The first-order valence-electron chi connectivity index (χ1n) is 4.97. The molecule has 0 aliphatic rings. The normalized spacial score (nSPS) is 10.2. The first-order chi connectivity index (χ1) is 6.16. The molecule has 4 heteroatoms. The van der Waals surface area contributed by atoms with E-state index >= 15 is 0 Å². The van der Waals surface area contributed by atoms with Gasteiger partial charge in [-0.1, -0.05) is 13.3 Å². The second kappa shape index (κ2) is 7.86. The standard InChI is InChI=1S/C9H21N3O/c1-4-5-6-10-9(13)11-7-8-12(2)3/h4-8H2,1-3H3,(H2,10,11,13)/p+1. The van der Waals surface area contributed by atoms with Crippen LogP contribution in [-0.4, -0.2) is 39.8 Å². The highest BCUT2D eigenvalue weighted by atomic mass is 16.2. The van der Waals surface area contributed by atoms with Crippen LogP contribution >= 0.6 is 0 Å². The number of hydrogen-bond acceptors (Lipinski definition) is 1. The lowest BCUT2D eigenvalue weighted by molar-refractivity contribution is -0.856. The van der Waals surface area contributed by atoms with Gasteiger partial charge in [-0.25, -0.2) is 4.79 Å². The van der Waals surface area contributed by atoms with Crippen molar-refractivity contribution in [2.45, 2.75) is 19.8 Å². The Morgan fingerprint density at radius 2 is 1.85 bits per heavy atom. The van der Waals surface area contributed by atoms with E-state index in [1.165, 1.54) is 4.90 Å². The van der Waals surface area contributed by atoms with Crippen molar-refractivity contribution in [3.8, 4) is 0 Å². The number of likely N-dealkylation sites (N-methyl/N-ethyl adjacent to an activating group) is 1. The molecular weight excluding hydrogens is 166 g/mol. The van der Waals surface area contributed by atoms with Crippen molar-refractivity contribution >= 4 is 6.03 Å². The van der Waals surface area contributed by atoms with Crippen molar-refractivity contribution in [2.24, 2.45) is 0 Å². The summed E-state index contributed by atoms with van der Waals surface area (Å²) in [5.74, 6) is 0. The molecule has 0 saturated heterocycles. The van der Waals surface area contributed by atoms with E-state index in [4.69, 9.17) is 0 Å².